The van der Waals surface area contributed by atoms with Crippen LogP contribution in [0.25, 0.3) is 10.9 Å². The molecule has 0 fully saturated rings. The summed E-state index contributed by atoms with van der Waals surface area (Å²) >= 11 is 7.28. The maximum absolute atomic E-state index is 5.86. The number of nitrogens with one attached hydrogen (secondary N) is 1. The molecule has 0 saturated carbocycles. The third-order valence-corrected chi connectivity index (χ3v) is 6.58. The van der Waals surface area contributed by atoms with Crippen LogP contribution < -0.4 is 14.9 Å². The number of rotatable bonds is 8. The second kappa shape index (κ2) is 12.3. The maximum Gasteiger partial charge on any atom is 0.173 e. The molecule has 6 nitrogen and oxygen atoms in total. The molecule has 0 saturated heterocycles. The molecule has 1 heterocycles. The van der Waals surface area contributed by atoms with E-state index in [4.69, 9.17) is 19.5 Å². The Hall–Kier alpha value is -3.23. The van der Waals surface area contributed by atoms with Gasteiger partial charge in [-0.25, -0.2) is 9.98 Å². The van der Waals surface area contributed by atoms with Crippen molar-refractivity contribution >= 4 is 60.5 Å². The second-order valence-corrected chi connectivity index (χ2v) is 10.6. The number of para-hydroxylation sites is 1. The molecule has 0 unspecified atom stereocenters. The van der Waals surface area contributed by atoms with Crippen molar-refractivity contribution in [3.63, 3.8) is 0 Å². The fraction of sp³-hybridized carbons (Fsp3) is 0.207. The Morgan fingerprint density at radius 2 is 1.76 bits per heavy atom. The first-order valence-electron chi connectivity index (χ1n) is 11.8. The van der Waals surface area contributed by atoms with Crippen molar-refractivity contribution in [1.82, 2.24) is 10.4 Å². The van der Waals surface area contributed by atoms with Crippen LogP contribution in [-0.2, 0) is 0 Å². The Morgan fingerprint density at radius 1 is 1.00 bits per heavy atom. The van der Waals surface area contributed by atoms with E-state index >= 15 is 0 Å². The van der Waals surface area contributed by atoms with Crippen LogP contribution in [0.3, 0.4) is 0 Å². The van der Waals surface area contributed by atoms with Gasteiger partial charge in [-0.05, 0) is 98.3 Å². The number of aliphatic imine (C=N–C) groups is 1. The smallest absolute Gasteiger partial charge is 0.173 e. The number of ether oxygens (including phenoxy) is 2. The number of methoxy groups -OCH3 is 1. The number of hydrogen-bond acceptors (Lipinski definition) is 5. The summed E-state index contributed by atoms with van der Waals surface area (Å²) in [5.41, 5.74) is 7.36. The van der Waals surface area contributed by atoms with Crippen molar-refractivity contribution in [2.45, 2.75) is 20.8 Å². The van der Waals surface area contributed by atoms with Crippen LogP contribution in [-0.4, -0.2) is 30.8 Å². The molecule has 4 rings (SSSR count). The molecule has 0 spiro atoms. The van der Waals surface area contributed by atoms with Gasteiger partial charge in [-0.3, -0.25) is 5.43 Å². The predicted octanol–water partition coefficient (Wildman–Crippen LogP) is 7.81. The number of benzene rings is 3. The molecule has 0 bridgehead atoms. The zero-order valence-corrected chi connectivity index (χ0v) is 24.3. The van der Waals surface area contributed by atoms with E-state index in [9.17, 15) is 0 Å². The topological polar surface area (TPSA) is 68.1 Å². The van der Waals surface area contributed by atoms with Gasteiger partial charge in [0.2, 0.25) is 0 Å². The normalized spacial score (nSPS) is 11.9. The van der Waals surface area contributed by atoms with Crippen molar-refractivity contribution in [1.29, 1.82) is 0 Å². The number of fused-ring (bicyclic) bond motifs is 1. The number of aromatic nitrogens is 1. The lowest BCUT2D eigenvalue weighted by molar-refractivity contribution is 0.257. The van der Waals surface area contributed by atoms with Crippen LogP contribution in [0.2, 0.25) is 0 Å². The molecule has 1 N–H and O–H groups in total. The number of amidine groups is 1. The lowest BCUT2D eigenvalue weighted by Crippen LogP contribution is -2.20. The van der Waals surface area contributed by atoms with Crippen molar-refractivity contribution in [3.05, 3.63) is 92.5 Å². The minimum absolute atomic E-state index is 0.421. The molecule has 1 aromatic heterocycles. The SMILES string of the molecule is COc1cc(/C=N/NC(=Nc2c(Br)cc(C)cc2Br)c2ccc3ccccc3n2)ccc1OCC(C)C. The number of pyridine rings is 1. The van der Waals surface area contributed by atoms with E-state index in [0.717, 1.165) is 36.7 Å². The van der Waals surface area contributed by atoms with Gasteiger partial charge in [0.25, 0.3) is 0 Å². The summed E-state index contributed by atoms with van der Waals surface area (Å²) in [4.78, 5) is 9.70. The summed E-state index contributed by atoms with van der Waals surface area (Å²) in [5.74, 6) is 2.29. The largest absolute Gasteiger partial charge is 0.493 e. The van der Waals surface area contributed by atoms with Crippen LogP contribution in [0, 0.1) is 12.8 Å². The average Bonchev–Trinajstić information content (AvgIpc) is 2.88. The van der Waals surface area contributed by atoms with Gasteiger partial charge >= 0.3 is 0 Å². The molecule has 4 aromatic rings. The average molecular weight is 624 g/mol. The fourth-order valence-corrected chi connectivity index (χ4v) is 5.15. The number of halogens is 2. The Bertz CT molecular complexity index is 1440. The van der Waals surface area contributed by atoms with Crippen molar-refractivity contribution < 1.29 is 9.47 Å². The van der Waals surface area contributed by atoms with Gasteiger partial charge in [0.1, 0.15) is 5.69 Å². The summed E-state index contributed by atoms with van der Waals surface area (Å²) in [5, 5.41) is 5.53. The van der Waals surface area contributed by atoms with E-state index in [1.54, 1.807) is 13.3 Å². The standard InChI is InChI=1S/C29H28Br2N4O2/c1-18(2)17-37-26-12-9-20(15-27(26)36-4)16-32-35-29(34-28-22(30)13-19(3)14-23(28)31)25-11-10-21-7-5-6-8-24(21)33-25/h5-16,18H,17H2,1-4H3,(H,34,35)/b32-16+. The van der Waals surface area contributed by atoms with Crippen LogP contribution in [0.1, 0.15) is 30.7 Å². The van der Waals surface area contributed by atoms with E-state index in [1.807, 2.05) is 73.7 Å². The highest BCUT2D eigenvalue weighted by molar-refractivity contribution is 9.11. The van der Waals surface area contributed by atoms with E-state index < -0.39 is 0 Å². The molecule has 0 amide bonds. The molecule has 0 aliphatic heterocycles. The van der Waals surface area contributed by atoms with E-state index in [2.05, 4.69) is 56.2 Å². The highest BCUT2D eigenvalue weighted by Gasteiger charge is 2.12. The maximum atomic E-state index is 5.86. The highest BCUT2D eigenvalue weighted by atomic mass is 79.9. The summed E-state index contributed by atoms with van der Waals surface area (Å²) in [7, 11) is 1.63. The lowest BCUT2D eigenvalue weighted by Gasteiger charge is -2.13. The number of hydrogen-bond donors (Lipinski definition) is 1. The second-order valence-electron chi connectivity index (χ2n) is 8.91. The van der Waals surface area contributed by atoms with Gasteiger partial charge in [0.15, 0.2) is 17.3 Å². The summed E-state index contributed by atoms with van der Waals surface area (Å²) < 4.78 is 13.1. The summed E-state index contributed by atoms with van der Waals surface area (Å²) in [6.07, 6.45) is 1.71. The van der Waals surface area contributed by atoms with Crippen molar-refractivity contribution in [3.8, 4) is 11.5 Å². The van der Waals surface area contributed by atoms with Crippen molar-refractivity contribution in [2.24, 2.45) is 16.0 Å². The monoisotopic (exact) mass is 622 g/mol. The molecule has 8 heteroatoms. The molecular formula is C29H28Br2N4O2. The molecular weight excluding hydrogens is 596 g/mol. The molecule has 190 valence electrons. The number of aryl methyl sites for hydroxylation is 1. The number of hydrazone groups is 1. The summed E-state index contributed by atoms with van der Waals surface area (Å²) in [6.45, 7) is 6.87. The fourth-order valence-electron chi connectivity index (χ4n) is 3.56. The number of nitrogens with zero attached hydrogens (tertiary/aromatic N) is 3. The Morgan fingerprint density at radius 3 is 2.49 bits per heavy atom. The predicted molar refractivity (Wildman–Crippen MR) is 159 cm³/mol. The molecule has 0 aliphatic carbocycles. The van der Waals surface area contributed by atoms with Gasteiger partial charge < -0.3 is 9.47 Å². The zero-order chi connectivity index (χ0) is 26.4. The Kier molecular flexibility index (Phi) is 8.95. The minimum atomic E-state index is 0.421. The van der Waals surface area contributed by atoms with Gasteiger partial charge in [0, 0.05) is 14.3 Å². The molecule has 3 aromatic carbocycles. The first kappa shape index (κ1) is 26.8. The Balaban J connectivity index is 1.66. The first-order valence-corrected chi connectivity index (χ1v) is 13.4. The van der Waals surface area contributed by atoms with Crippen LogP contribution >= 0.6 is 31.9 Å². The van der Waals surface area contributed by atoms with Crippen LogP contribution in [0.15, 0.2) is 85.8 Å². The molecule has 0 radical (unpaired) electrons. The zero-order valence-electron chi connectivity index (χ0n) is 21.1. The minimum Gasteiger partial charge on any atom is -0.493 e. The van der Waals surface area contributed by atoms with Crippen LogP contribution in [0.4, 0.5) is 5.69 Å². The highest BCUT2D eigenvalue weighted by Crippen LogP contribution is 2.35. The molecule has 0 atom stereocenters. The first-order chi connectivity index (χ1) is 17.8. The Labute approximate surface area is 234 Å². The van der Waals surface area contributed by atoms with Crippen LogP contribution in [0.5, 0.6) is 11.5 Å². The van der Waals surface area contributed by atoms with Gasteiger partial charge in [-0.1, -0.05) is 38.1 Å². The van der Waals surface area contributed by atoms with Gasteiger partial charge in [-0.2, -0.15) is 5.10 Å². The third kappa shape index (κ3) is 6.96. The quantitative estimate of drug-likeness (QED) is 0.123. The van der Waals surface area contributed by atoms with Gasteiger partial charge in [-0.15, -0.1) is 0 Å². The molecule has 0 aliphatic rings. The van der Waals surface area contributed by atoms with E-state index in [0.29, 0.717) is 35.6 Å². The van der Waals surface area contributed by atoms with E-state index in [1.165, 1.54) is 0 Å². The lowest BCUT2D eigenvalue weighted by atomic mass is 10.2. The third-order valence-electron chi connectivity index (χ3n) is 5.37. The van der Waals surface area contributed by atoms with Gasteiger partial charge in [0.05, 0.1) is 31.1 Å². The molecule has 37 heavy (non-hydrogen) atoms. The van der Waals surface area contributed by atoms with Crippen molar-refractivity contribution in [2.75, 3.05) is 13.7 Å². The summed E-state index contributed by atoms with van der Waals surface area (Å²) in [6, 6.07) is 21.7. The van der Waals surface area contributed by atoms with E-state index in [-0.39, 0.29) is 0 Å².